The van der Waals surface area contributed by atoms with Crippen molar-refractivity contribution >= 4 is 11.5 Å². The molecule has 1 unspecified atom stereocenters. The van der Waals surface area contributed by atoms with Gasteiger partial charge in [-0.1, -0.05) is 36.4 Å². The fourth-order valence-electron chi connectivity index (χ4n) is 3.58. The second-order valence-corrected chi connectivity index (χ2v) is 7.09. The molecule has 1 amide bonds. The zero-order valence-corrected chi connectivity index (χ0v) is 16.8. The first-order chi connectivity index (χ1) is 13.6. The Morgan fingerprint density at radius 1 is 1.11 bits per heavy atom. The predicted molar refractivity (Wildman–Crippen MR) is 111 cm³/mol. The monoisotopic (exact) mass is 381 g/mol. The van der Waals surface area contributed by atoms with E-state index in [0.717, 1.165) is 25.1 Å². The first-order valence-electron chi connectivity index (χ1n) is 9.70. The molecule has 5 heteroatoms. The topological polar surface area (TPSA) is 52.0 Å². The van der Waals surface area contributed by atoms with Gasteiger partial charge in [0.1, 0.15) is 0 Å². The Morgan fingerprint density at radius 3 is 2.50 bits per heavy atom. The van der Waals surface area contributed by atoms with Crippen molar-refractivity contribution < 1.29 is 19.2 Å². The van der Waals surface area contributed by atoms with Crippen LogP contribution in [0.3, 0.4) is 0 Å². The van der Waals surface area contributed by atoms with Crippen LogP contribution in [0, 0.1) is 0 Å². The summed E-state index contributed by atoms with van der Waals surface area (Å²) in [5, 5.41) is 3.05. The highest BCUT2D eigenvalue weighted by Crippen LogP contribution is 2.27. The molecule has 2 aromatic rings. The quantitative estimate of drug-likeness (QED) is 0.772. The average Bonchev–Trinajstić information content (AvgIpc) is 2.77. The Hall–Kier alpha value is -2.79. The largest absolute Gasteiger partial charge is 0.493 e. The molecule has 2 N–H and O–H groups in total. The molecule has 3 rings (SSSR count). The summed E-state index contributed by atoms with van der Waals surface area (Å²) in [6, 6.07) is 16.1. The van der Waals surface area contributed by atoms with E-state index in [0.29, 0.717) is 18.0 Å². The molecule has 28 heavy (non-hydrogen) atoms. The van der Waals surface area contributed by atoms with Crippen molar-refractivity contribution in [3.8, 4) is 11.5 Å². The number of benzene rings is 2. The fraction of sp³-hybridized carbons (Fsp3) is 0.348. The average molecular weight is 381 g/mol. The highest BCUT2D eigenvalue weighted by molar-refractivity contribution is 5.80. The first kappa shape index (κ1) is 20.0. The number of hydrogen-bond acceptors (Lipinski definition) is 3. The minimum atomic E-state index is -0.0892. The van der Waals surface area contributed by atoms with Crippen molar-refractivity contribution in [3.05, 3.63) is 65.7 Å². The molecule has 148 valence electrons. The van der Waals surface area contributed by atoms with Crippen LogP contribution in [-0.4, -0.2) is 39.3 Å². The number of methoxy groups -OCH3 is 2. The van der Waals surface area contributed by atoms with Gasteiger partial charge in [-0.2, -0.15) is 0 Å². The van der Waals surface area contributed by atoms with Crippen molar-refractivity contribution in [1.29, 1.82) is 0 Å². The summed E-state index contributed by atoms with van der Waals surface area (Å²) >= 11 is 0. The van der Waals surface area contributed by atoms with Crippen LogP contribution in [0.1, 0.15) is 24.5 Å². The van der Waals surface area contributed by atoms with Crippen molar-refractivity contribution in [3.63, 3.8) is 0 Å². The molecule has 0 radical (unpaired) electrons. The summed E-state index contributed by atoms with van der Waals surface area (Å²) in [7, 11) is 3.22. The minimum absolute atomic E-state index is 0.0707. The molecule has 2 aromatic carbocycles. The first-order valence-corrected chi connectivity index (χ1v) is 9.70. The van der Waals surface area contributed by atoms with Crippen LogP contribution in [0.15, 0.2) is 54.6 Å². The lowest BCUT2D eigenvalue weighted by Gasteiger charge is -2.28. The lowest BCUT2D eigenvalue weighted by molar-refractivity contribution is -0.909. The SMILES string of the molecule is COc1ccc(CNC(=O)[C@@H](C)[NH+]2CC=C(c3ccccc3)CC2)cc1OC. The summed E-state index contributed by atoms with van der Waals surface area (Å²) in [6.07, 6.45) is 3.26. The van der Waals surface area contributed by atoms with Crippen LogP contribution >= 0.6 is 0 Å². The van der Waals surface area contributed by atoms with Gasteiger partial charge in [-0.15, -0.1) is 0 Å². The Morgan fingerprint density at radius 2 is 1.86 bits per heavy atom. The van der Waals surface area contributed by atoms with E-state index in [1.165, 1.54) is 16.0 Å². The molecular weight excluding hydrogens is 352 g/mol. The van der Waals surface area contributed by atoms with Gasteiger partial charge in [0.25, 0.3) is 5.91 Å². The summed E-state index contributed by atoms with van der Waals surface area (Å²) in [4.78, 5) is 13.9. The molecule has 0 saturated carbocycles. The second kappa shape index (κ2) is 9.42. The second-order valence-electron chi connectivity index (χ2n) is 7.09. The van der Waals surface area contributed by atoms with E-state index in [-0.39, 0.29) is 11.9 Å². The van der Waals surface area contributed by atoms with Crippen molar-refractivity contribution in [2.24, 2.45) is 0 Å². The molecule has 0 bridgehead atoms. The van der Waals surface area contributed by atoms with Gasteiger partial charge in [0, 0.05) is 13.0 Å². The fourth-order valence-corrected chi connectivity index (χ4v) is 3.58. The van der Waals surface area contributed by atoms with Crippen LogP contribution in [0.5, 0.6) is 11.5 Å². The maximum absolute atomic E-state index is 12.6. The molecule has 5 nitrogen and oxygen atoms in total. The number of amides is 1. The van der Waals surface area contributed by atoms with Gasteiger partial charge < -0.3 is 19.7 Å². The standard InChI is InChI=1S/C23H28N2O3/c1-17(25-13-11-20(12-14-25)19-7-5-4-6-8-19)23(26)24-16-18-9-10-21(27-2)22(15-18)28-3/h4-11,15,17H,12-14,16H2,1-3H3,(H,24,26)/p+1/t17-/m1/s1. The molecule has 0 aromatic heterocycles. The third-order valence-electron chi connectivity index (χ3n) is 5.39. The number of hydrogen-bond donors (Lipinski definition) is 2. The third-order valence-corrected chi connectivity index (χ3v) is 5.39. The van der Waals surface area contributed by atoms with Gasteiger partial charge in [-0.25, -0.2) is 0 Å². The number of quaternary nitrogens is 1. The molecule has 0 spiro atoms. The van der Waals surface area contributed by atoms with Crippen LogP contribution in [0.2, 0.25) is 0 Å². The van der Waals surface area contributed by atoms with Crippen LogP contribution in [-0.2, 0) is 11.3 Å². The van der Waals surface area contributed by atoms with Gasteiger partial charge in [0.05, 0.1) is 27.3 Å². The highest BCUT2D eigenvalue weighted by atomic mass is 16.5. The Bertz CT molecular complexity index is 833. The van der Waals surface area contributed by atoms with Gasteiger partial charge in [0.2, 0.25) is 0 Å². The number of rotatable bonds is 7. The maximum Gasteiger partial charge on any atom is 0.278 e. The highest BCUT2D eigenvalue weighted by Gasteiger charge is 2.26. The zero-order chi connectivity index (χ0) is 19.9. The van der Waals surface area contributed by atoms with Crippen LogP contribution in [0.4, 0.5) is 0 Å². The molecule has 0 fully saturated rings. The predicted octanol–water partition coefficient (Wildman–Crippen LogP) is 2.08. The number of ether oxygens (including phenoxy) is 2. The van der Waals surface area contributed by atoms with Crippen molar-refractivity contribution in [2.75, 3.05) is 27.3 Å². The minimum Gasteiger partial charge on any atom is -0.493 e. The molecule has 1 aliphatic rings. The maximum atomic E-state index is 12.6. The Labute approximate surface area is 167 Å². The molecule has 1 heterocycles. The normalized spacial score (nSPS) is 17.4. The molecule has 1 aliphatic heterocycles. The van der Waals surface area contributed by atoms with E-state index >= 15 is 0 Å². The van der Waals surface area contributed by atoms with Crippen molar-refractivity contribution in [2.45, 2.75) is 25.9 Å². The number of carbonyl (C=O) groups excluding carboxylic acids is 1. The summed E-state index contributed by atoms with van der Waals surface area (Å²) in [6.45, 7) is 4.31. The number of carbonyl (C=O) groups is 1. The Kier molecular flexibility index (Phi) is 6.71. The van der Waals surface area contributed by atoms with Gasteiger partial charge >= 0.3 is 0 Å². The lowest BCUT2D eigenvalue weighted by atomic mass is 9.99. The van der Waals surface area contributed by atoms with Gasteiger partial charge in [-0.3, -0.25) is 4.79 Å². The van der Waals surface area contributed by atoms with Crippen LogP contribution < -0.4 is 19.7 Å². The van der Waals surface area contributed by atoms with Crippen LogP contribution in [0.25, 0.3) is 5.57 Å². The molecule has 0 saturated heterocycles. The lowest BCUT2D eigenvalue weighted by Crippen LogP contribution is -3.17. The summed E-state index contributed by atoms with van der Waals surface area (Å²) in [5.41, 5.74) is 3.65. The van der Waals surface area contributed by atoms with E-state index in [2.05, 4.69) is 35.7 Å². The summed E-state index contributed by atoms with van der Waals surface area (Å²) in [5.74, 6) is 1.42. The van der Waals surface area contributed by atoms with Gasteiger partial charge in [-0.05, 0) is 41.8 Å². The van der Waals surface area contributed by atoms with E-state index in [1.54, 1.807) is 14.2 Å². The van der Waals surface area contributed by atoms with E-state index < -0.39 is 0 Å². The smallest absolute Gasteiger partial charge is 0.278 e. The Balaban J connectivity index is 1.55. The van der Waals surface area contributed by atoms with E-state index in [4.69, 9.17) is 9.47 Å². The molecule has 0 aliphatic carbocycles. The van der Waals surface area contributed by atoms with Crippen molar-refractivity contribution in [1.82, 2.24) is 5.32 Å². The molecule has 2 atom stereocenters. The third kappa shape index (κ3) is 4.73. The van der Waals surface area contributed by atoms with E-state index in [9.17, 15) is 4.79 Å². The zero-order valence-electron chi connectivity index (χ0n) is 16.8. The molecular formula is C23H29N2O3+. The summed E-state index contributed by atoms with van der Waals surface area (Å²) < 4.78 is 10.6. The van der Waals surface area contributed by atoms with E-state index in [1.807, 2.05) is 31.2 Å². The number of nitrogens with one attached hydrogen (secondary N) is 2. The van der Waals surface area contributed by atoms with Gasteiger partial charge in [0.15, 0.2) is 17.5 Å².